The molecule has 0 radical (unpaired) electrons. The zero-order valence-corrected chi connectivity index (χ0v) is 28.5. The van der Waals surface area contributed by atoms with Gasteiger partial charge in [0.05, 0.1) is 6.61 Å². The van der Waals surface area contributed by atoms with Crippen LogP contribution in [0.15, 0.2) is 24.3 Å². The van der Waals surface area contributed by atoms with Gasteiger partial charge in [0, 0.05) is 12.8 Å². The van der Waals surface area contributed by atoms with Gasteiger partial charge in [-0.25, -0.2) is 0 Å². The fourth-order valence-electron chi connectivity index (χ4n) is 4.81. The third-order valence-corrected chi connectivity index (χ3v) is 7.59. The SMILES string of the molecule is CCCCC/C=C\C/C=C\CCCCCCCC(=O)O.CCCCCCCCCCCC(=O)OCCCCCCCC. The summed E-state index contributed by atoms with van der Waals surface area (Å²) in [7, 11) is 0. The summed E-state index contributed by atoms with van der Waals surface area (Å²) in [6.45, 7) is 7.35. The Bertz CT molecular complexity index is 596. The minimum atomic E-state index is -0.671. The molecular formula is C38H72O4. The number of esters is 1. The van der Waals surface area contributed by atoms with E-state index >= 15 is 0 Å². The van der Waals surface area contributed by atoms with E-state index in [1.807, 2.05) is 0 Å². The van der Waals surface area contributed by atoms with Gasteiger partial charge in [-0.15, -0.1) is 0 Å². The summed E-state index contributed by atoms with van der Waals surface area (Å²) in [6, 6.07) is 0. The molecule has 0 spiro atoms. The van der Waals surface area contributed by atoms with Crippen molar-refractivity contribution < 1.29 is 19.4 Å². The zero-order valence-electron chi connectivity index (χ0n) is 28.5. The van der Waals surface area contributed by atoms with Crippen LogP contribution >= 0.6 is 0 Å². The van der Waals surface area contributed by atoms with Crippen molar-refractivity contribution >= 4 is 11.9 Å². The lowest BCUT2D eigenvalue weighted by molar-refractivity contribution is -0.144. The molecule has 0 aliphatic rings. The molecule has 42 heavy (non-hydrogen) atoms. The lowest BCUT2D eigenvalue weighted by Gasteiger charge is -2.05. The quantitative estimate of drug-likeness (QED) is 0.0494. The van der Waals surface area contributed by atoms with Gasteiger partial charge in [0.1, 0.15) is 0 Å². The van der Waals surface area contributed by atoms with Crippen molar-refractivity contribution in [3.05, 3.63) is 24.3 Å². The van der Waals surface area contributed by atoms with E-state index in [0.29, 0.717) is 19.4 Å². The number of carbonyl (C=O) groups excluding carboxylic acids is 1. The average Bonchev–Trinajstić information content (AvgIpc) is 2.98. The third kappa shape index (κ3) is 42.9. The van der Waals surface area contributed by atoms with Gasteiger partial charge in [0.15, 0.2) is 0 Å². The Hall–Kier alpha value is -1.58. The van der Waals surface area contributed by atoms with Crippen LogP contribution in [0, 0.1) is 0 Å². The maximum atomic E-state index is 11.6. The van der Waals surface area contributed by atoms with Gasteiger partial charge in [-0.1, -0.05) is 161 Å². The minimum absolute atomic E-state index is 0.0107. The van der Waals surface area contributed by atoms with Crippen molar-refractivity contribution in [2.75, 3.05) is 6.61 Å². The fourth-order valence-corrected chi connectivity index (χ4v) is 4.81. The van der Waals surface area contributed by atoms with Gasteiger partial charge in [-0.3, -0.25) is 9.59 Å². The normalized spacial score (nSPS) is 11.2. The second-order valence-electron chi connectivity index (χ2n) is 11.9. The molecule has 0 saturated heterocycles. The van der Waals surface area contributed by atoms with Gasteiger partial charge < -0.3 is 9.84 Å². The van der Waals surface area contributed by atoms with E-state index < -0.39 is 5.97 Å². The van der Waals surface area contributed by atoms with Gasteiger partial charge >= 0.3 is 11.9 Å². The number of carboxylic acid groups (broad SMARTS) is 1. The van der Waals surface area contributed by atoms with Crippen LogP contribution < -0.4 is 0 Å². The second-order valence-corrected chi connectivity index (χ2v) is 11.9. The highest BCUT2D eigenvalue weighted by atomic mass is 16.5. The van der Waals surface area contributed by atoms with Crippen molar-refractivity contribution in [2.24, 2.45) is 0 Å². The first-order chi connectivity index (χ1) is 20.6. The highest BCUT2D eigenvalue weighted by Gasteiger charge is 2.02. The molecule has 0 aromatic carbocycles. The third-order valence-electron chi connectivity index (χ3n) is 7.59. The Morgan fingerprint density at radius 2 is 0.857 bits per heavy atom. The Morgan fingerprint density at radius 3 is 1.36 bits per heavy atom. The standard InChI is InChI=1S/C20H40O2.C18H32O2/c1-3-5-7-9-11-12-13-14-16-18-20(21)22-19-17-15-10-8-6-4-2;1-2-3-4-5-6-7-8-9-10-11-12-13-14-15-16-17-18(19)20/h3-19H2,1-2H3;6-7,9-10H,2-5,8,11-17H2,1H3,(H,19,20)/b;7-6-,10-9-. The van der Waals surface area contributed by atoms with Crippen molar-refractivity contribution in [2.45, 2.75) is 201 Å². The average molecular weight is 593 g/mol. The molecule has 0 aromatic rings. The van der Waals surface area contributed by atoms with Crippen molar-refractivity contribution in [1.82, 2.24) is 0 Å². The van der Waals surface area contributed by atoms with E-state index in [2.05, 4.69) is 45.1 Å². The number of unbranched alkanes of at least 4 members (excludes halogenated alkanes) is 21. The molecule has 0 aliphatic heterocycles. The predicted octanol–water partition coefficient (Wildman–Crippen LogP) is 12.7. The summed E-state index contributed by atoms with van der Waals surface area (Å²) < 4.78 is 5.28. The molecule has 0 aliphatic carbocycles. The summed E-state index contributed by atoms with van der Waals surface area (Å²) in [6.07, 6.45) is 42.0. The van der Waals surface area contributed by atoms with E-state index in [9.17, 15) is 9.59 Å². The number of ether oxygens (including phenoxy) is 1. The number of carbonyl (C=O) groups is 2. The van der Waals surface area contributed by atoms with Crippen LogP contribution in [-0.2, 0) is 14.3 Å². The predicted molar refractivity (Wildman–Crippen MR) is 183 cm³/mol. The lowest BCUT2D eigenvalue weighted by atomic mass is 10.1. The maximum Gasteiger partial charge on any atom is 0.305 e. The van der Waals surface area contributed by atoms with Gasteiger partial charge in [0.2, 0.25) is 0 Å². The molecule has 4 heteroatoms. The van der Waals surface area contributed by atoms with Crippen LogP contribution in [0.2, 0.25) is 0 Å². The maximum absolute atomic E-state index is 11.6. The molecule has 0 bridgehead atoms. The number of carboxylic acids is 1. The molecule has 248 valence electrons. The summed E-state index contributed by atoms with van der Waals surface area (Å²) in [5, 5.41) is 8.50. The monoisotopic (exact) mass is 593 g/mol. The Balaban J connectivity index is 0. The topological polar surface area (TPSA) is 63.6 Å². The van der Waals surface area contributed by atoms with Crippen LogP contribution in [-0.4, -0.2) is 23.7 Å². The minimum Gasteiger partial charge on any atom is -0.481 e. The molecule has 0 unspecified atom stereocenters. The molecule has 1 N–H and O–H groups in total. The number of rotatable bonds is 31. The molecule has 0 rings (SSSR count). The van der Waals surface area contributed by atoms with E-state index in [-0.39, 0.29) is 5.97 Å². The number of hydrogen-bond acceptors (Lipinski definition) is 3. The van der Waals surface area contributed by atoms with Crippen LogP contribution in [0.25, 0.3) is 0 Å². The summed E-state index contributed by atoms with van der Waals surface area (Å²) in [5.41, 5.74) is 0. The highest BCUT2D eigenvalue weighted by molar-refractivity contribution is 5.69. The van der Waals surface area contributed by atoms with Gasteiger partial charge in [0.25, 0.3) is 0 Å². The van der Waals surface area contributed by atoms with Crippen LogP contribution in [0.3, 0.4) is 0 Å². The van der Waals surface area contributed by atoms with Gasteiger partial charge in [-0.2, -0.15) is 0 Å². The number of aliphatic carboxylic acids is 1. The molecule has 0 heterocycles. The summed E-state index contributed by atoms with van der Waals surface area (Å²) >= 11 is 0. The largest absolute Gasteiger partial charge is 0.481 e. The molecule has 4 nitrogen and oxygen atoms in total. The lowest BCUT2D eigenvalue weighted by Crippen LogP contribution is -2.05. The molecule has 0 amide bonds. The highest BCUT2D eigenvalue weighted by Crippen LogP contribution is 2.11. The van der Waals surface area contributed by atoms with E-state index in [1.165, 1.54) is 128 Å². The Labute approximate surface area is 262 Å². The van der Waals surface area contributed by atoms with Crippen molar-refractivity contribution in [1.29, 1.82) is 0 Å². The first-order valence-electron chi connectivity index (χ1n) is 18.3. The second kappa shape index (κ2) is 39.4. The van der Waals surface area contributed by atoms with Crippen LogP contribution in [0.1, 0.15) is 201 Å². The molecule has 0 fully saturated rings. The fraction of sp³-hybridized carbons (Fsp3) is 0.842. The molecular weight excluding hydrogens is 520 g/mol. The molecule has 0 saturated carbocycles. The first kappa shape index (κ1) is 42.6. The van der Waals surface area contributed by atoms with Gasteiger partial charge in [-0.05, 0) is 51.4 Å². The molecule has 0 aromatic heterocycles. The van der Waals surface area contributed by atoms with Crippen LogP contribution in [0.5, 0.6) is 0 Å². The van der Waals surface area contributed by atoms with Crippen molar-refractivity contribution in [3.63, 3.8) is 0 Å². The van der Waals surface area contributed by atoms with Crippen LogP contribution in [0.4, 0.5) is 0 Å². The van der Waals surface area contributed by atoms with E-state index in [1.54, 1.807) is 0 Å². The Morgan fingerprint density at radius 1 is 0.476 bits per heavy atom. The number of allylic oxidation sites excluding steroid dienone is 4. The molecule has 0 atom stereocenters. The Kier molecular flexibility index (Phi) is 39.9. The summed E-state index contributed by atoms with van der Waals surface area (Å²) in [5.74, 6) is -0.660. The van der Waals surface area contributed by atoms with Crippen molar-refractivity contribution in [3.8, 4) is 0 Å². The van der Waals surface area contributed by atoms with E-state index in [4.69, 9.17) is 9.84 Å². The smallest absolute Gasteiger partial charge is 0.305 e. The van der Waals surface area contributed by atoms with E-state index in [0.717, 1.165) is 38.5 Å². The zero-order chi connectivity index (χ0) is 31.2. The number of hydrogen-bond donors (Lipinski definition) is 1. The summed E-state index contributed by atoms with van der Waals surface area (Å²) in [4.78, 5) is 21.9. The first-order valence-corrected chi connectivity index (χ1v) is 18.3.